The van der Waals surface area contributed by atoms with Crippen molar-refractivity contribution in [1.82, 2.24) is 9.97 Å². The maximum absolute atomic E-state index is 6.05. The molecule has 0 N–H and O–H groups in total. The highest BCUT2D eigenvalue weighted by Gasteiger charge is 2.17. The molecule has 0 fully saturated rings. The molecule has 3 nitrogen and oxygen atoms in total. The maximum Gasteiger partial charge on any atom is 0.148 e. The molecule has 0 bridgehead atoms. The molecule has 0 unspecified atom stereocenters. The van der Waals surface area contributed by atoms with Gasteiger partial charge in [-0.15, -0.1) is 0 Å². The number of hydrogen-bond donors (Lipinski definition) is 0. The van der Waals surface area contributed by atoms with Crippen molar-refractivity contribution >= 4 is 33.1 Å². The van der Waals surface area contributed by atoms with E-state index in [1.54, 1.807) is 13.3 Å². The summed E-state index contributed by atoms with van der Waals surface area (Å²) in [5, 5.41) is 4.78. The molecular formula is C19H13ClN2O. The highest BCUT2D eigenvalue weighted by Crippen LogP contribution is 2.43. The van der Waals surface area contributed by atoms with Crippen LogP contribution in [0.5, 0.6) is 5.75 Å². The largest absolute Gasteiger partial charge is 0.495 e. The molecule has 3 aromatic carbocycles. The van der Waals surface area contributed by atoms with Crippen LogP contribution in [-0.2, 0) is 0 Å². The minimum Gasteiger partial charge on any atom is -0.495 e. The Balaban J connectivity index is 2.24. The molecule has 4 aromatic rings. The van der Waals surface area contributed by atoms with Crippen molar-refractivity contribution in [3.63, 3.8) is 0 Å². The molecule has 0 radical (unpaired) electrons. The molecule has 0 saturated heterocycles. The van der Waals surface area contributed by atoms with Crippen molar-refractivity contribution in [1.29, 1.82) is 0 Å². The Hall–Kier alpha value is -2.65. The lowest BCUT2D eigenvalue weighted by Crippen LogP contribution is -1.95. The molecule has 1 aromatic heterocycles. The minimum absolute atomic E-state index is 0.363. The van der Waals surface area contributed by atoms with Crippen molar-refractivity contribution in [2.45, 2.75) is 0 Å². The zero-order valence-electron chi connectivity index (χ0n) is 12.5. The van der Waals surface area contributed by atoms with E-state index in [0.717, 1.165) is 32.9 Å². The van der Waals surface area contributed by atoms with Gasteiger partial charge in [0, 0.05) is 5.39 Å². The standard InChI is InChI=1S/C19H13ClN2O/c1-23-19-15-9-5-3-7-13(15)12-6-2-4-8-14(12)18(19)16-10-21-11-17(20)22-16/h2-11H,1H3. The van der Waals surface area contributed by atoms with E-state index in [0.29, 0.717) is 10.8 Å². The van der Waals surface area contributed by atoms with Crippen LogP contribution in [-0.4, -0.2) is 17.1 Å². The summed E-state index contributed by atoms with van der Waals surface area (Å²) in [7, 11) is 1.68. The van der Waals surface area contributed by atoms with E-state index in [4.69, 9.17) is 16.3 Å². The van der Waals surface area contributed by atoms with Crippen molar-refractivity contribution < 1.29 is 4.74 Å². The first kappa shape index (κ1) is 14.0. The van der Waals surface area contributed by atoms with Crippen LogP contribution in [0.2, 0.25) is 5.15 Å². The van der Waals surface area contributed by atoms with E-state index < -0.39 is 0 Å². The van der Waals surface area contributed by atoms with Gasteiger partial charge in [0.25, 0.3) is 0 Å². The van der Waals surface area contributed by atoms with Gasteiger partial charge in [-0.05, 0) is 16.2 Å². The molecule has 0 spiro atoms. The highest BCUT2D eigenvalue weighted by molar-refractivity contribution is 6.29. The summed E-state index contributed by atoms with van der Waals surface area (Å²) in [5.41, 5.74) is 1.62. The van der Waals surface area contributed by atoms with Gasteiger partial charge >= 0.3 is 0 Å². The summed E-state index contributed by atoms with van der Waals surface area (Å²) in [4.78, 5) is 8.60. The van der Waals surface area contributed by atoms with Gasteiger partial charge in [0.15, 0.2) is 0 Å². The third kappa shape index (κ3) is 2.21. The first-order valence-electron chi connectivity index (χ1n) is 7.25. The van der Waals surface area contributed by atoms with E-state index in [2.05, 4.69) is 34.2 Å². The SMILES string of the molecule is COc1c(-c2cncc(Cl)n2)c2ccccc2c2ccccc12. The van der Waals surface area contributed by atoms with Crippen LogP contribution in [0.4, 0.5) is 0 Å². The van der Waals surface area contributed by atoms with Gasteiger partial charge in [0.1, 0.15) is 10.9 Å². The van der Waals surface area contributed by atoms with Crippen LogP contribution < -0.4 is 4.74 Å². The predicted molar refractivity (Wildman–Crippen MR) is 94.0 cm³/mol. The lowest BCUT2D eigenvalue weighted by atomic mass is 9.94. The van der Waals surface area contributed by atoms with Crippen LogP contribution in [0.15, 0.2) is 60.9 Å². The van der Waals surface area contributed by atoms with Gasteiger partial charge in [0.2, 0.25) is 0 Å². The van der Waals surface area contributed by atoms with Gasteiger partial charge in [-0.25, -0.2) is 4.98 Å². The number of nitrogens with zero attached hydrogens (tertiary/aromatic N) is 2. The highest BCUT2D eigenvalue weighted by atomic mass is 35.5. The van der Waals surface area contributed by atoms with Crippen LogP contribution in [0, 0.1) is 0 Å². The Bertz CT molecular complexity index is 1030. The Labute approximate surface area is 138 Å². The van der Waals surface area contributed by atoms with Crippen LogP contribution in [0.25, 0.3) is 32.8 Å². The molecule has 0 atom stereocenters. The Morgan fingerprint density at radius 3 is 2.09 bits per heavy atom. The Morgan fingerprint density at radius 2 is 1.43 bits per heavy atom. The van der Waals surface area contributed by atoms with Crippen LogP contribution in [0.3, 0.4) is 0 Å². The molecule has 4 heteroatoms. The Kier molecular flexibility index (Phi) is 3.36. The van der Waals surface area contributed by atoms with E-state index in [9.17, 15) is 0 Å². The number of aromatic nitrogens is 2. The fourth-order valence-corrected chi connectivity index (χ4v) is 3.19. The molecule has 0 aliphatic heterocycles. The zero-order chi connectivity index (χ0) is 15.8. The first-order valence-corrected chi connectivity index (χ1v) is 7.62. The molecular weight excluding hydrogens is 308 g/mol. The Morgan fingerprint density at radius 1 is 0.826 bits per heavy atom. The van der Waals surface area contributed by atoms with Gasteiger partial charge in [-0.3, -0.25) is 4.98 Å². The second-order valence-corrected chi connectivity index (χ2v) is 5.61. The number of hydrogen-bond acceptors (Lipinski definition) is 3. The number of methoxy groups -OCH3 is 1. The monoisotopic (exact) mass is 320 g/mol. The molecule has 0 aliphatic rings. The van der Waals surface area contributed by atoms with Crippen molar-refractivity contribution in [3.05, 3.63) is 66.1 Å². The van der Waals surface area contributed by atoms with Crippen molar-refractivity contribution in [2.75, 3.05) is 7.11 Å². The zero-order valence-corrected chi connectivity index (χ0v) is 13.2. The average Bonchev–Trinajstić information content (AvgIpc) is 2.60. The fourth-order valence-electron chi connectivity index (χ4n) is 3.04. The van der Waals surface area contributed by atoms with Gasteiger partial charge in [0.05, 0.1) is 30.8 Å². The van der Waals surface area contributed by atoms with Crippen LogP contribution in [0.1, 0.15) is 0 Å². The molecule has 112 valence electrons. The fraction of sp³-hybridized carbons (Fsp3) is 0.0526. The summed E-state index contributed by atoms with van der Waals surface area (Å²) in [5.74, 6) is 0.788. The van der Waals surface area contributed by atoms with Gasteiger partial charge in [-0.1, -0.05) is 60.1 Å². The maximum atomic E-state index is 6.05. The number of rotatable bonds is 2. The normalized spacial score (nSPS) is 11.0. The molecule has 0 amide bonds. The minimum atomic E-state index is 0.363. The third-order valence-electron chi connectivity index (χ3n) is 3.95. The van der Waals surface area contributed by atoms with Gasteiger partial charge in [-0.2, -0.15) is 0 Å². The molecule has 4 rings (SSSR count). The van der Waals surface area contributed by atoms with Crippen molar-refractivity contribution in [2.24, 2.45) is 0 Å². The average molecular weight is 321 g/mol. The van der Waals surface area contributed by atoms with E-state index >= 15 is 0 Å². The summed E-state index contributed by atoms with van der Waals surface area (Å²) >= 11 is 6.05. The third-order valence-corrected chi connectivity index (χ3v) is 4.13. The summed E-state index contributed by atoms with van der Waals surface area (Å²) in [6.07, 6.45) is 3.24. The van der Waals surface area contributed by atoms with Crippen LogP contribution >= 0.6 is 11.6 Å². The summed E-state index contributed by atoms with van der Waals surface area (Å²) in [6.45, 7) is 0. The second-order valence-electron chi connectivity index (χ2n) is 5.23. The lowest BCUT2D eigenvalue weighted by molar-refractivity contribution is 0.421. The lowest BCUT2D eigenvalue weighted by Gasteiger charge is -2.15. The second kappa shape index (κ2) is 5.52. The predicted octanol–water partition coefficient (Wildman–Crippen LogP) is 5.11. The van der Waals surface area contributed by atoms with E-state index in [-0.39, 0.29) is 0 Å². The quantitative estimate of drug-likeness (QED) is 0.481. The smallest absolute Gasteiger partial charge is 0.148 e. The van der Waals surface area contributed by atoms with E-state index in [1.807, 2.05) is 24.3 Å². The molecule has 1 heterocycles. The van der Waals surface area contributed by atoms with Crippen molar-refractivity contribution in [3.8, 4) is 17.0 Å². The molecule has 23 heavy (non-hydrogen) atoms. The van der Waals surface area contributed by atoms with Gasteiger partial charge < -0.3 is 4.74 Å². The summed E-state index contributed by atoms with van der Waals surface area (Å²) < 4.78 is 5.75. The number of ether oxygens (including phenoxy) is 1. The molecule has 0 aliphatic carbocycles. The number of fused-ring (bicyclic) bond motifs is 3. The number of halogens is 1. The molecule has 0 saturated carbocycles. The topological polar surface area (TPSA) is 35.0 Å². The first-order chi connectivity index (χ1) is 11.3. The number of benzene rings is 3. The summed E-state index contributed by atoms with van der Waals surface area (Å²) in [6, 6.07) is 16.4. The van der Waals surface area contributed by atoms with E-state index in [1.165, 1.54) is 6.20 Å².